The van der Waals surface area contributed by atoms with E-state index in [1.54, 1.807) is 6.07 Å². The van der Waals surface area contributed by atoms with Crippen molar-refractivity contribution in [1.29, 1.82) is 0 Å². The molecule has 11 nitrogen and oxygen atoms in total. The maximum atomic E-state index is 10.5. The van der Waals surface area contributed by atoms with Crippen LogP contribution in [0.4, 0.5) is 0 Å². The van der Waals surface area contributed by atoms with Crippen LogP contribution in [0, 0.1) is 0 Å². The molecule has 0 amide bonds. The molecule has 1 fully saturated rings. The first-order valence-corrected chi connectivity index (χ1v) is 10.6. The summed E-state index contributed by atoms with van der Waals surface area (Å²) in [6.07, 6.45) is -8.63. The fraction of sp³-hybridized carbons (Fsp3) is 0.478. The molecule has 0 bridgehead atoms. The van der Waals surface area contributed by atoms with Gasteiger partial charge in [-0.3, -0.25) is 0 Å². The highest BCUT2D eigenvalue weighted by Gasteiger charge is 2.45. The van der Waals surface area contributed by atoms with Crippen LogP contribution < -0.4 is 9.47 Å². The average molecular weight is 482 g/mol. The SMILES string of the molecule is COc1cc(C(CO)C(OC2OC(CO)C(O)C(O)C2O)c2ccc(O)c(OC)c2)ccc1O. The summed E-state index contributed by atoms with van der Waals surface area (Å²) in [4.78, 5) is 0. The zero-order chi connectivity index (χ0) is 25.0. The predicted molar refractivity (Wildman–Crippen MR) is 117 cm³/mol. The van der Waals surface area contributed by atoms with E-state index >= 15 is 0 Å². The lowest BCUT2D eigenvalue weighted by Crippen LogP contribution is -2.59. The van der Waals surface area contributed by atoms with Gasteiger partial charge in [0.25, 0.3) is 0 Å². The molecule has 7 N–H and O–H groups in total. The number of aromatic hydroxyl groups is 2. The van der Waals surface area contributed by atoms with Crippen LogP contribution in [0.5, 0.6) is 23.0 Å². The molecule has 0 spiro atoms. The van der Waals surface area contributed by atoms with Gasteiger partial charge >= 0.3 is 0 Å². The van der Waals surface area contributed by atoms with Gasteiger partial charge in [0.05, 0.1) is 33.5 Å². The van der Waals surface area contributed by atoms with Crippen LogP contribution in [0.3, 0.4) is 0 Å². The molecule has 7 unspecified atom stereocenters. The second-order valence-electron chi connectivity index (χ2n) is 7.91. The van der Waals surface area contributed by atoms with Crippen molar-refractivity contribution >= 4 is 0 Å². The Morgan fingerprint density at radius 1 is 0.824 bits per heavy atom. The van der Waals surface area contributed by atoms with Gasteiger partial charge in [-0.25, -0.2) is 0 Å². The van der Waals surface area contributed by atoms with Gasteiger partial charge in [-0.1, -0.05) is 12.1 Å². The highest BCUT2D eigenvalue weighted by atomic mass is 16.7. The highest BCUT2D eigenvalue weighted by molar-refractivity contribution is 5.46. The van der Waals surface area contributed by atoms with Crippen LogP contribution in [0.25, 0.3) is 0 Å². The second-order valence-corrected chi connectivity index (χ2v) is 7.91. The number of benzene rings is 2. The molecular formula is C23H30O11. The summed E-state index contributed by atoms with van der Waals surface area (Å²) < 4.78 is 21.9. The van der Waals surface area contributed by atoms with E-state index < -0.39 is 55.9 Å². The van der Waals surface area contributed by atoms with Gasteiger partial charge in [0.1, 0.15) is 24.4 Å². The van der Waals surface area contributed by atoms with Crippen LogP contribution in [0.2, 0.25) is 0 Å². The molecule has 2 aromatic rings. The summed E-state index contributed by atoms with van der Waals surface area (Å²) in [6, 6.07) is 8.82. The summed E-state index contributed by atoms with van der Waals surface area (Å²) in [5.41, 5.74) is 0.913. The van der Waals surface area contributed by atoms with Gasteiger partial charge in [0.2, 0.25) is 0 Å². The van der Waals surface area contributed by atoms with Crippen molar-refractivity contribution in [2.75, 3.05) is 27.4 Å². The Balaban J connectivity index is 2.05. The van der Waals surface area contributed by atoms with Crippen molar-refractivity contribution in [3.05, 3.63) is 47.5 Å². The molecule has 7 atom stereocenters. The van der Waals surface area contributed by atoms with Crippen LogP contribution in [0.1, 0.15) is 23.1 Å². The molecular weight excluding hydrogens is 452 g/mol. The van der Waals surface area contributed by atoms with Crippen LogP contribution >= 0.6 is 0 Å². The number of phenolic OH excluding ortho intramolecular Hbond substituents is 2. The number of ether oxygens (including phenoxy) is 4. The summed E-state index contributed by atoms with van der Waals surface area (Å²) in [6.45, 7) is -1.10. The first-order chi connectivity index (χ1) is 16.2. The Kier molecular flexibility index (Phi) is 8.55. The van der Waals surface area contributed by atoms with Crippen molar-refractivity contribution in [3.8, 4) is 23.0 Å². The Morgan fingerprint density at radius 2 is 1.38 bits per heavy atom. The van der Waals surface area contributed by atoms with E-state index in [-0.39, 0.29) is 23.0 Å². The van der Waals surface area contributed by atoms with Crippen LogP contribution in [-0.2, 0) is 9.47 Å². The fourth-order valence-corrected chi connectivity index (χ4v) is 3.90. The quantitative estimate of drug-likeness (QED) is 0.251. The van der Waals surface area contributed by atoms with E-state index in [1.165, 1.54) is 44.6 Å². The lowest BCUT2D eigenvalue weighted by molar-refractivity contribution is -0.314. The molecule has 3 rings (SSSR count). The molecule has 1 aliphatic heterocycles. The van der Waals surface area contributed by atoms with Crippen LogP contribution in [-0.4, -0.2) is 93.9 Å². The molecule has 34 heavy (non-hydrogen) atoms. The Hall–Kier alpha value is -2.64. The lowest BCUT2D eigenvalue weighted by atomic mass is 9.88. The van der Waals surface area contributed by atoms with E-state index in [0.717, 1.165) is 0 Å². The Bertz CT molecular complexity index is 951. The number of hydrogen-bond acceptors (Lipinski definition) is 11. The van der Waals surface area contributed by atoms with Gasteiger partial charge in [0.15, 0.2) is 29.3 Å². The molecule has 1 saturated heterocycles. The zero-order valence-corrected chi connectivity index (χ0v) is 18.7. The number of aliphatic hydroxyl groups is 5. The maximum Gasteiger partial charge on any atom is 0.187 e. The number of methoxy groups -OCH3 is 2. The van der Waals surface area contributed by atoms with Gasteiger partial charge in [-0.15, -0.1) is 0 Å². The number of rotatable bonds is 9. The zero-order valence-electron chi connectivity index (χ0n) is 18.7. The summed E-state index contributed by atoms with van der Waals surface area (Å²) in [7, 11) is 2.74. The minimum absolute atomic E-state index is 0.111. The molecule has 188 valence electrons. The number of aliphatic hydroxyl groups excluding tert-OH is 5. The molecule has 0 aliphatic carbocycles. The monoisotopic (exact) mass is 482 g/mol. The van der Waals surface area contributed by atoms with E-state index in [9.17, 15) is 35.7 Å². The third-order valence-electron chi connectivity index (χ3n) is 5.86. The smallest absolute Gasteiger partial charge is 0.187 e. The van der Waals surface area contributed by atoms with Crippen LogP contribution in [0.15, 0.2) is 36.4 Å². The minimum Gasteiger partial charge on any atom is -0.504 e. The molecule has 1 heterocycles. The van der Waals surface area contributed by atoms with Crippen molar-refractivity contribution in [2.24, 2.45) is 0 Å². The van der Waals surface area contributed by atoms with Crippen molar-refractivity contribution in [1.82, 2.24) is 0 Å². The van der Waals surface area contributed by atoms with Gasteiger partial charge in [-0.05, 0) is 35.4 Å². The standard InChI is InChI=1S/C23H30O11/c1-31-16-7-11(3-5-14(16)26)13(9-24)22(12-4-6-15(27)17(8-12)32-2)34-23-21(30)20(29)19(28)18(10-25)33-23/h3-8,13,18-30H,9-10H2,1-2H3. The minimum atomic E-state index is -1.67. The third-order valence-corrected chi connectivity index (χ3v) is 5.86. The molecule has 0 aromatic heterocycles. The summed E-state index contributed by atoms with van der Waals surface area (Å²) in [5, 5.41) is 70.5. The Labute approximate surface area is 196 Å². The summed E-state index contributed by atoms with van der Waals surface area (Å²) >= 11 is 0. The second kappa shape index (κ2) is 11.2. The average Bonchev–Trinajstić information content (AvgIpc) is 2.85. The van der Waals surface area contributed by atoms with E-state index in [2.05, 4.69) is 0 Å². The van der Waals surface area contributed by atoms with Crippen molar-refractivity contribution in [3.63, 3.8) is 0 Å². The van der Waals surface area contributed by atoms with E-state index in [4.69, 9.17) is 18.9 Å². The Morgan fingerprint density at radius 3 is 1.91 bits per heavy atom. The number of phenols is 2. The first kappa shape index (κ1) is 26.0. The third kappa shape index (κ3) is 5.20. The number of hydrogen-bond donors (Lipinski definition) is 7. The van der Waals surface area contributed by atoms with Gasteiger partial charge in [-0.2, -0.15) is 0 Å². The first-order valence-electron chi connectivity index (χ1n) is 10.6. The van der Waals surface area contributed by atoms with E-state index in [1.807, 2.05) is 0 Å². The topological polar surface area (TPSA) is 179 Å². The molecule has 2 aromatic carbocycles. The normalized spacial score (nSPS) is 26.6. The molecule has 1 aliphatic rings. The predicted octanol–water partition coefficient (Wildman–Crippen LogP) is -0.251. The van der Waals surface area contributed by atoms with Crippen molar-refractivity contribution < 1.29 is 54.7 Å². The lowest BCUT2D eigenvalue weighted by Gasteiger charge is -2.42. The molecule has 11 heteroatoms. The van der Waals surface area contributed by atoms with Crippen molar-refractivity contribution in [2.45, 2.75) is 42.7 Å². The van der Waals surface area contributed by atoms with Gasteiger partial charge < -0.3 is 54.7 Å². The fourth-order valence-electron chi connectivity index (χ4n) is 3.90. The highest BCUT2D eigenvalue weighted by Crippen LogP contribution is 2.41. The summed E-state index contributed by atoms with van der Waals surface area (Å²) in [5.74, 6) is -0.771. The largest absolute Gasteiger partial charge is 0.504 e. The molecule has 0 saturated carbocycles. The maximum absolute atomic E-state index is 10.5. The van der Waals surface area contributed by atoms with E-state index in [0.29, 0.717) is 11.1 Å². The molecule has 0 radical (unpaired) electrons. The van der Waals surface area contributed by atoms with Gasteiger partial charge in [0, 0.05) is 5.92 Å².